The van der Waals surface area contributed by atoms with Crippen LogP contribution in [0.1, 0.15) is 19.3 Å². The first kappa shape index (κ1) is 31.2. The largest absolute Gasteiger partial charge is 0.396 e. The number of fused-ring (bicyclic) bond motifs is 2. The minimum Gasteiger partial charge on any atom is -0.396 e. The van der Waals surface area contributed by atoms with E-state index >= 15 is 0 Å². The van der Waals surface area contributed by atoms with Crippen molar-refractivity contribution in [2.24, 2.45) is 11.8 Å². The van der Waals surface area contributed by atoms with Crippen molar-refractivity contribution in [1.82, 2.24) is 4.90 Å². The summed E-state index contributed by atoms with van der Waals surface area (Å²) in [6, 6.07) is 22.2. The highest BCUT2D eigenvalue weighted by Crippen LogP contribution is 2.60. The molecule has 6 rings (SSSR count). The molecule has 3 amide bonds. The van der Waals surface area contributed by atoms with Crippen LogP contribution in [0.4, 0.5) is 11.4 Å². The highest BCUT2D eigenvalue weighted by Gasteiger charge is 2.77. The zero-order valence-electron chi connectivity index (χ0n) is 25.1. The van der Waals surface area contributed by atoms with Crippen molar-refractivity contribution >= 4 is 55.8 Å². The number of hydrogen-bond acceptors (Lipinski definition) is 5. The monoisotopic (exact) mass is 671 g/mol. The Bertz CT molecular complexity index is 1610. The molecule has 6 atom stereocenters. The Morgan fingerprint density at radius 2 is 1.60 bits per heavy atom. The van der Waals surface area contributed by atoms with E-state index in [1.807, 2.05) is 72.8 Å². The molecule has 3 aromatic carbocycles. The summed E-state index contributed by atoms with van der Waals surface area (Å²) >= 11 is 3.78. The number of unbranched alkanes of at least 4 members (excludes halogenated alkanes) is 1. The number of para-hydroxylation sites is 1. The minimum absolute atomic E-state index is 0.0222. The van der Waals surface area contributed by atoms with E-state index in [9.17, 15) is 19.5 Å². The van der Waals surface area contributed by atoms with Crippen molar-refractivity contribution < 1.29 is 24.2 Å². The van der Waals surface area contributed by atoms with Crippen LogP contribution in [0.5, 0.6) is 0 Å². The van der Waals surface area contributed by atoms with E-state index < -0.39 is 29.6 Å². The van der Waals surface area contributed by atoms with Gasteiger partial charge in [0, 0.05) is 42.4 Å². The van der Waals surface area contributed by atoms with Crippen LogP contribution in [0.2, 0.25) is 0 Å². The summed E-state index contributed by atoms with van der Waals surface area (Å²) in [7, 11) is 0. The fourth-order valence-corrected chi connectivity index (χ4v) is 8.45. The molecule has 45 heavy (non-hydrogen) atoms. The fourth-order valence-electron chi connectivity index (χ4n) is 7.51. The molecule has 3 saturated heterocycles. The van der Waals surface area contributed by atoms with Crippen molar-refractivity contribution in [3.8, 4) is 0 Å². The van der Waals surface area contributed by atoms with E-state index in [4.69, 9.17) is 4.74 Å². The highest BCUT2D eigenvalue weighted by atomic mass is 79.9. The van der Waals surface area contributed by atoms with Crippen LogP contribution in [0.25, 0.3) is 10.8 Å². The smallest absolute Gasteiger partial charge is 0.253 e. The Balaban J connectivity index is 1.42. The summed E-state index contributed by atoms with van der Waals surface area (Å²) in [4.78, 5) is 48.5. The lowest BCUT2D eigenvalue weighted by molar-refractivity contribution is -0.140. The maximum absolute atomic E-state index is 14.9. The standard InChI is InChI=1S/C36H38BrN3O5/c1-3-18-38(26-14-6-5-7-15-26)33(42)29-30-34(43)40(20-10-11-21-41)32(36(30)23-28(37)31(29)45-36)35(44)39(19-4-2)27-17-16-24-12-8-9-13-25(24)22-27/h3-9,12-17,22,28-32,41H,1-2,10-11,18-21,23H2/t28?,29-,30-,31-,32?,36?/m0/s1. The predicted molar refractivity (Wildman–Crippen MR) is 179 cm³/mol. The summed E-state index contributed by atoms with van der Waals surface area (Å²) in [5, 5.41) is 11.6. The van der Waals surface area contributed by atoms with Crippen molar-refractivity contribution in [2.45, 2.75) is 41.8 Å². The Kier molecular flexibility index (Phi) is 8.95. The van der Waals surface area contributed by atoms with Gasteiger partial charge in [-0.15, -0.1) is 13.2 Å². The SMILES string of the molecule is C=CCN(C(=O)C1N(CCCCO)C(=O)[C@@H]2[C@H](C(=O)N(CC=C)c3ccccc3)[C@H]3OC12CC3Br)c1ccc2ccccc2c1. The number of anilines is 2. The van der Waals surface area contributed by atoms with Gasteiger partial charge < -0.3 is 24.5 Å². The van der Waals surface area contributed by atoms with Gasteiger partial charge in [0.25, 0.3) is 5.91 Å². The molecule has 3 unspecified atom stereocenters. The second kappa shape index (κ2) is 12.9. The predicted octanol–water partition coefficient (Wildman–Crippen LogP) is 5.10. The van der Waals surface area contributed by atoms with Gasteiger partial charge in [-0.25, -0.2) is 0 Å². The molecule has 1 spiro atoms. The normalized spacial score (nSPS) is 26.6. The van der Waals surface area contributed by atoms with Crippen LogP contribution in [0, 0.1) is 11.8 Å². The average Bonchev–Trinajstić information content (AvgIpc) is 3.65. The molecule has 3 fully saturated rings. The van der Waals surface area contributed by atoms with Crippen LogP contribution in [-0.4, -0.2) is 76.5 Å². The maximum Gasteiger partial charge on any atom is 0.253 e. The number of rotatable bonds is 12. The third kappa shape index (κ3) is 5.30. The van der Waals surface area contributed by atoms with Gasteiger partial charge in [0.05, 0.1) is 17.9 Å². The molecule has 0 aliphatic carbocycles. The van der Waals surface area contributed by atoms with Crippen molar-refractivity contribution in [3.63, 3.8) is 0 Å². The van der Waals surface area contributed by atoms with Crippen LogP contribution in [0.3, 0.4) is 0 Å². The third-order valence-electron chi connectivity index (χ3n) is 9.38. The van der Waals surface area contributed by atoms with E-state index in [-0.39, 0.29) is 48.8 Å². The van der Waals surface area contributed by atoms with Gasteiger partial charge in [-0.05, 0) is 54.3 Å². The van der Waals surface area contributed by atoms with E-state index in [0.29, 0.717) is 30.6 Å². The number of nitrogens with zero attached hydrogens (tertiary/aromatic N) is 3. The van der Waals surface area contributed by atoms with Crippen molar-refractivity contribution in [2.75, 3.05) is 36.0 Å². The zero-order valence-corrected chi connectivity index (χ0v) is 26.7. The number of alkyl halides is 1. The van der Waals surface area contributed by atoms with E-state index in [0.717, 1.165) is 10.8 Å². The minimum atomic E-state index is -1.20. The quantitative estimate of drug-likeness (QED) is 0.164. The molecule has 3 aliphatic heterocycles. The topological polar surface area (TPSA) is 90.4 Å². The van der Waals surface area contributed by atoms with Crippen LogP contribution in [0.15, 0.2) is 98.1 Å². The lowest BCUT2D eigenvalue weighted by Crippen LogP contribution is -2.57. The molecule has 234 valence electrons. The average molecular weight is 673 g/mol. The summed E-state index contributed by atoms with van der Waals surface area (Å²) < 4.78 is 6.76. The van der Waals surface area contributed by atoms with Crippen LogP contribution < -0.4 is 9.80 Å². The first-order chi connectivity index (χ1) is 21.9. The molecule has 0 aromatic heterocycles. The first-order valence-electron chi connectivity index (χ1n) is 15.5. The summed E-state index contributed by atoms with van der Waals surface area (Å²) in [5.74, 6) is -2.37. The molecule has 3 heterocycles. The fraction of sp³-hybridized carbons (Fsp3) is 0.361. The van der Waals surface area contributed by atoms with Gasteiger partial charge in [-0.2, -0.15) is 0 Å². The molecular formula is C36H38BrN3O5. The van der Waals surface area contributed by atoms with Crippen LogP contribution in [-0.2, 0) is 19.1 Å². The molecule has 3 aliphatic rings. The lowest BCUT2D eigenvalue weighted by atomic mass is 9.70. The Hall–Kier alpha value is -3.79. The first-order valence-corrected chi connectivity index (χ1v) is 16.4. The Labute approximate surface area is 272 Å². The molecule has 9 heteroatoms. The number of benzene rings is 3. The summed E-state index contributed by atoms with van der Waals surface area (Å²) in [5.41, 5.74) is 0.203. The van der Waals surface area contributed by atoms with Gasteiger partial charge in [0.1, 0.15) is 11.6 Å². The molecular weight excluding hydrogens is 634 g/mol. The number of aliphatic hydroxyl groups is 1. The number of likely N-dealkylation sites (tertiary alicyclic amines) is 1. The number of carbonyl (C=O) groups is 3. The van der Waals surface area contributed by atoms with E-state index in [2.05, 4.69) is 29.1 Å². The molecule has 3 aromatic rings. The molecule has 8 nitrogen and oxygen atoms in total. The molecule has 0 radical (unpaired) electrons. The highest BCUT2D eigenvalue weighted by molar-refractivity contribution is 9.09. The van der Waals surface area contributed by atoms with Gasteiger partial charge >= 0.3 is 0 Å². The number of ether oxygens (including phenoxy) is 1. The third-order valence-corrected chi connectivity index (χ3v) is 10.2. The van der Waals surface area contributed by atoms with Gasteiger partial charge in [-0.1, -0.05) is 76.6 Å². The summed E-state index contributed by atoms with van der Waals surface area (Å²) in [6.07, 6.45) is 4.18. The number of amides is 3. The van der Waals surface area contributed by atoms with Gasteiger partial charge in [0.15, 0.2) is 0 Å². The number of carbonyl (C=O) groups excluding carboxylic acids is 3. The van der Waals surface area contributed by atoms with Crippen LogP contribution >= 0.6 is 15.9 Å². The number of halogens is 1. The Morgan fingerprint density at radius 1 is 0.933 bits per heavy atom. The van der Waals surface area contributed by atoms with E-state index in [1.54, 1.807) is 26.9 Å². The van der Waals surface area contributed by atoms with Crippen molar-refractivity contribution in [3.05, 3.63) is 98.1 Å². The molecule has 2 bridgehead atoms. The number of hydrogen-bond donors (Lipinski definition) is 1. The van der Waals surface area contributed by atoms with Gasteiger partial charge in [-0.3, -0.25) is 14.4 Å². The van der Waals surface area contributed by atoms with Gasteiger partial charge in [0.2, 0.25) is 11.8 Å². The molecule has 0 saturated carbocycles. The van der Waals surface area contributed by atoms with E-state index in [1.165, 1.54) is 0 Å². The summed E-state index contributed by atoms with van der Waals surface area (Å²) in [6.45, 7) is 8.53. The Morgan fingerprint density at radius 3 is 2.29 bits per heavy atom. The second-order valence-corrected chi connectivity index (χ2v) is 13.1. The lowest BCUT2D eigenvalue weighted by Gasteiger charge is -2.37. The maximum atomic E-state index is 14.9. The zero-order chi connectivity index (χ0) is 31.7. The second-order valence-electron chi connectivity index (χ2n) is 12.0. The number of aliphatic hydroxyl groups excluding tert-OH is 1. The molecule has 1 N–H and O–H groups in total. The van der Waals surface area contributed by atoms with Crippen molar-refractivity contribution in [1.29, 1.82) is 0 Å².